The first-order valence-corrected chi connectivity index (χ1v) is 8.02. The predicted octanol–water partition coefficient (Wildman–Crippen LogP) is 4.50. The molecular formula is C18H16BrN3O. The standard InChI is InChI=1S/C18H16BrN3O/c1-12-11-15(19)5-8-17(12)21-18(23)14-3-6-16(7-4-14)22-13(2)9-10-20-22/h3-11H,1-2H3,(H,21,23). The Hall–Kier alpha value is -2.40. The molecule has 0 radical (unpaired) electrons. The van der Waals surface area contributed by atoms with Crippen LogP contribution in [0.2, 0.25) is 0 Å². The van der Waals surface area contributed by atoms with Crippen LogP contribution in [0.1, 0.15) is 21.6 Å². The first-order chi connectivity index (χ1) is 11.0. The maximum atomic E-state index is 12.4. The Bertz CT molecular complexity index is 853. The van der Waals surface area contributed by atoms with Gasteiger partial charge in [-0.1, -0.05) is 15.9 Å². The van der Waals surface area contributed by atoms with Gasteiger partial charge in [0, 0.05) is 27.6 Å². The molecule has 0 aliphatic carbocycles. The number of hydrogen-bond donors (Lipinski definition) is 1. The number of hydrogen-bond acceptors (Lipinski definition) is 2. The molecule has 0 aliphatic rings. The molecule has 0 saturated carbocycles. The fraction of sp³-hybridized carbons (Fsp3) is 0.111. The number of benzene rings is 2. The monoisotopic (exact) mass is 369 g/mol. The average molecular weight is 370 g/mol. The molecule has 2 aromatic carbocycles. The van der Waals surface area contributed by atoms with E-state index in [1.54, 1.807) is 18.3 Å². The van der Waals surface area contributed by atoms with E-state index in [2.05, 4.69) is 26.3 Å². The van der Waals surface area contributed by atoms with Crippen molar-refractivity contribution in [1.82, 2.24) is 9.78 Å². The zero-order valence-corrected chi connectivity index (χ0v) is 14.5. The van der Waals surface area contributed by atoms with Crippen LogP contribution in [0.3, 0.4) is 0 Å². The second-order valence-electron chi connectivity index (χ2n) is 5.34. The first kappa shape index (κ1) is 15.5. The molecule has 0 unspecified atom stereocenters. The normalized spacial score (nSPS) is 10.6. The summed E-state index contributed by atoms with van der Waals surface area (Å²) in [6.45, 7) is 3.95. The minimum Gasteiger partial charge on any atom is -0.322 e. The van der Waals surface area contributed by atoms with E-state index in [0.29, 0.717) is 5.56 Å². The smallest absolute Gasteiger partial charge is 0.255 e. The quantitative estimate of drug-likeness (QED) is 0.738. The van der Waals surface area contributed by atoms with Gasteiger partial charge < -0.3 is 5.32 Å². The van der Waals surface area contributed by atoms with Crippen LogP contribution in [-0.4, -0.2) is 15.7 Å². The third kappa shape index (κ3) is 3.35. The minimum atomic E-state index is -0.126. The second-order valence-corrected chi connectivity index (χ2v) is 6.26. The van der Waals surface area contributed by atoms with E-state index in [0.717, 1.165) is 27.1 Å². The lowest BCUT2D eigenvalue weighted by Gasteiger charge is -2.10. The van der Waals surface area contributed by atoms with Gasteiger partial charge in [0.15, 0.2) is 0 Å². The molecule has 1 heterocycles. The van der Waals surface area contributed by atoms with Crippen LogP contribution in [-0.2, 0) is 0 Å². The Labute approximate surface area is 143 Å². The second kappa shape index (κ2) is 6.38. The van der Waals surface area contributed by atoms with Crippen molar-refractivity contribution in [1.29, 1.82) is 0 Å². The molecule has 5 heteroatoms. The first-order valence-electron chi connectivity index (χ1n) is 7.23. The Morgan fingerprint density at radius 3 is 2.43 bits per heavy atom. The number of nitrogens with zero attached hydrogens (tertiary/aromatic N) is 2. The molecule has 1 amide bonds. The third-order valence-electron chi connectivity index (χ3n) is 3.64. The van der Waals surface area contributed by atoms with Crippen molar-refractivity contribution >= 4 is 27.5 Å². The number of carbonyl (C=O) groups excluding carboxylic acids is 1. The Morgan fingerprint density at radius 2 is 1.83 bits per heavy atom. The molecule has 116 valence electrons. The maximum Gasteiger partial charge on any atom is 0.255 e. The van der Waals surface area contributed by atoms with E-state index in [4.69, 9.17) is 0 Å². The summed E-state index contributed by atoms with van der Waals surface area (Å²) in [5, 5.41) is 7.20. The van der Waals surface area contributed by atoms with Crippen LogP contribution in [0.15, 0.2) is 59.2 Å². The summed E-state index contributed by atoms with van der Waals surface area (Å²) in [4.78, 5) is 12.4. The van der Waals surface area contributed by atoms with E-state index < -0.39 is 0 Å². The van der Waals surface area contributed by atoms with Crippen molar-refractivity contribution in [2.24, 2.45) is 0 Å². The number of aryl methyl sites for hydroxylation is 2. The van der Waals surface area contributed by atoms with E-state index in [1.807, 2.05) is 54.9 Å². The van der Waals surface area contributed by atoms with Crippen LogP contribution >= 0.6 is 15.9 Å². The van der Waals surface area contributed by atoms with Crippen molar-refractivity contribution in [3.05, 3.63) is 76.0 Å². The molecule has 3 aromatic rings. The van der Waals surface area contributed by atoms with Crippen molar-refractivity contribution in [2.75, 3.05) is 5.32 Å². The summed E-state index contributed by atoms with van der Waals surface area (Å²) < 4.78 is 2.83. The lowest BCUT2D eigenvalue weighted by Crippen LogP contribution is -2.13. The van der Waals surface area contributed by atoms with Crippen molar-refractivity contribution in [3.8, 4) is 5.69 Å². The van der Waals surface area contributed by atoms with Gasteiger partial charge in [-0.05, 0) is 67.9 Å². The molecule has 0 aliphatic heterocycles. The summed E-state index contributed by atoms with van der Waals surface area (Å²) >= 11 is 3.42. The lowest BCUT2D eigenvalue weighted by molar-refractivity contribution is 0.102. The van der Waals surface area contributed by atoms with Gasteiger partial charge in [0.25, 0.3) is 5.91 Å². The molecule has 0 saturated heterocycles. The molecular weight excluding hydrogens is 354 g/mol. The highest BCUT2D eigenvalue weighted by atomic mass is 79.9. The van der Waals surface area contributed by atoms with Gasteiger partial charge >= 0.3 is 0 Å². The van der Waals surface area contributed by atoms with Gasteiger partial charge in [-0.25, -0.2) is 4.68 Å². The lowest BCUT2D eigenvalue weighted by atomic mass is 10.1. The van der Waals surface area contributed by atoms with Gasteiger partial charge in [0.2, 0.25) is 0 Å². The molecule has 1 N–H and O–H groups in total. The molecule has 3 rings (SSSR count). The molecule has 23 heavy (non-hydrogen) atoms. The van der Waals surface area contributed by atoms with Crippen LogP contribution in [0, 0.1) is 13.8 Å². The van der Waals surface area contributed by atoms with Crippen LogP contribution < -0.4 is 5.32 Å². The predicted molar refractivity (Wildman–Crippen MR) is 95.1 cm³/mol. The number of aromatic nitrogens is 2. The summed E-state index contributed by atoms with van der Waals surface area (Å²) in [5.41, 5.74) is 4.42. The molecule has 0 bridgehead atoms. The van der Waals surface area contributed by atoms with Crippen molar-refractivity contribution in [2.45, 2.75) is 13.8 Å². The van der Waals surface area contributed by atoms with Crippen molar-refractivity contribution < 1.29 is 4.79 Å². The number of halogens is 1. The van der Waals surface area contributed by atoms with Gasteiger partial charge in [-0.15, -0.1) is 0 Å². The number of rotatable bonds is 3. The summed E-state index contributed by atoms with van der Waals surface area (Å²) in [7, 11) is 0. The summed E-state index contributed by atoms with van der Waals surface area (Å²) in [6, 6.07) is 15.1. The molecule has 1 aromatic heterocycles. The molecule has 0 spiro atoms. The summed E-state index contributed by atoms with van der Waals surface area (Å²) in [5.74, 6) is -0.126. The molecule has 0 atom stereocenters. The van der Waals surface area contributed by atoms with Gasteiger partial charge in [0.1, 0.15) is 0 Å². The highest BCUT2D eigenvalue weighted by molar-refractivity contribution is 9.10. The van der Waals surface area contributed by atoms with Gasteiger partial charge in [-0.3, -0.25) is 4.79 Å². The minimum absolute atomic E-state index is 0.126. The number of amides is 1. The van der Waals surface area contributed by atoms with E-state index in [9.17, 15) is 4.79 Å². The van der Waals surface area contributed by atoms with Crippen molar-refractivity contribution in [3.63, 3.8) is 0 Å². The van der Waals surface area contributed by atoms with Gasteiger partial charge in [0.05, 0.1) is 5.69 Å². The summed E-state index contributed by atoms with van der Waals surface area (Å²) in [6.07, 6.45) is 1.76. The number of nitrogens with one attached hydrogen (secondary N) is 1. The van der Waals surface area contributed by atoms with Crippen LogP contribution in [0.25, 0.3) is 5.69 Å². The Balaban J connectivity index is 1.79. The van der Waals surface area contributed by atoms with E-state index in [1.165, 1.54) is 0 Å². The van der Waals surface area contributed by atoms with Gasteiger partial charge in [-0.2, -0.15) is 5.10 Å². The Kier molecular flexibility index (Phi) is 4.30. The zero-order valence-electron chi connectivity index (χ0n) is 12.9. The highest BCUT2D eigenvalue weighted by Crippen LogP contribution is 2.21. The molecule has 4 nitrogen and oxygen atoms in total. The SMILES string of the molecule is Cc1cc(Br)ccc1NC(=O)c1ccc(-n2nccc2C)cc1. The zero-order chi connectivity index (χ0) is 16.4. The fourth-order valence-corrected chi connectivity index (χ4v) is 2.83. The third-order valence-corrected chi connectivity index (χ3v) is 4.14. The topological polar surface area (TPSA) is 46.9 Å². The average Bonchev–Trinajstić information content (AvgIpc) is 2.96. The molecule has 0 fully saturated rings. The van der Waals surface area contributed by atoms with Crippen LogP contribution in [0.4, 0.5) is 5.69 Å². The van der Waals surface area contributed by atoms with Crippen LogP contribution in [0.5, 0.6) is 0 Å². The highest BCUT2D eigenvalue weighted by Gasteiger charge is 2.09. The fourth-order valence-electron chi connectivity index (χ4n) is 2.36. The number of carbonyl (C=O) groups is 1. The van der Waals surface area contributed by atoms with E-state index >= 15 is 0 Å². The Morgan fingerprint density at radius 1 is 1.09 bits per heavy atom. The maximum absolute atomic E-state index is 12.4. The number of anilines is 1. The largest absolute Gasteiger partial charge is 0.322 e. The van der Waals surface area contributed by atoms with E-state index in [-0.39, 0.29) is 5.91 Å².